The number of hydrogen-bond donors (Lipinski definition) is 1. The quantitative estimate of drug-likeness (QED) is 0.880. The fraction of sp³-hybridized carbons (Fsp3) is 0.474. The van der Waals surface area contributed by atoms with Crippen LogP contribution in [0.4, 0.5) is 0 Å². The smallest absolute Gasteiger partial charge is 0.335 e. The lowest BCUT2D eigenvalue weighted by Gasteiger charge is -2.25. The van der Waals surface area contributed by atoms with Gasteiger partial charge in [-0.2, -0.15) is 0 Å². The number of hydrogen-bond acceptors (Lipinski definition) is 5. The van der Waals surface area contributed by atoms with Gasteiger partial charge in [-0.05, 0) is 24.5 Å². The van der Waals surface area contributed by atoms with E-state index in [0.29, 0.717) is 11.5 Å². The molecular weight excluding hydrogens is 336 g/mol. The summed E-state index contributed by atoms with van der Waals surface area (Å²) in [6, 6.07) is 6.95. The molecule has 1 aromatic carbocycles. The van der Waals surface area contributed by atoms with Crippen LogP contribution in [0.5, 0.6) is 0 Å². The van der Waals surface area contributed by atoms with Crippen molar-refractivity contribution in [1.82, 2.24) is 9.88 Å². The van der Waals surface area contributed by atoms with E-state index < -0.39 is 5.97 Å². The number of thiazole rings is 1. The van der Waals surface area contributed by atoms with Gasteiger partial charge in [0.25, 0.3) is 0 Å². The van der Waals surface area contributed by atoms with Gasteiger partial charge in [-0.3, -0.25) is 4.90 Å². The fourth-order valence-electron chi connectivity index (χ4n) is 2.99. The van der Waals surface area contributed by atoms with E-state index in [1.54, 1.807) is 29.5 Å². The van der Waals surface area contributed by atoms with E-state index in [4.69, 9.17) is 14.8 Å². The first-order valence-electron chi connectivity index (χ1n) is 8.65. The second-order valence-corrected chi connectivity index (χ2v) is 7.63. The van der Waals surface area contributed by atoms with Crippen molar-refractivity contribution in [2.45, 2.75) is 32.9 Å². The van der Waals surface area contributed by atoms with E-state index in [2.05, 4.69) is 24.1 Å². The molecule has 1 saturated heterocycles. The lowest BCUT2D eigenvalue weighted by Crippen LogP contribution is -2.34. The summed E-state index contributed by atoms with van der Waals surface area (Å²) in [7, 11) is 0. The van der Waals surface area contributed by atoms with Crippen molar-refractivity contribution in [2.24, 2.45) is 5.92 Å². The van der Waals surface area contributed by atoms with Gasteiger partial charge >= 0.3 is 5.97 Å². The third-order valence-electron chi connectivity index (χ3n) is 4.43. The van der Waals surface area contributed by atoms with Crippen LogP contribution in [0.2, 0.25) is 0 Å². The molecule has 6 heteroatoms. The zero-order valence-corrected chi connectivity index (χ0v) is 15.5. The van der Waals surface area contributed by atoms with Gasteiger partial charge in [0.05, 0.1) is 17.4 Å². The van der Waals surface area contributed by atoms with E-state index in [1.165, 1.54) is 0 Å². The van der Waals surface area contributed by atoms with Gasteiger partial charge < -0.3 is 9.84 Å². The van der Waals surface area contributed by atoms with Gasteiger partial charge in [0.2, 0.25) is 0 Å². The lowest BCUT2D eigenvalue weighted by molar-refractivity contribution is 0.0221. The number of carbonyl (C=O) groups is 1. The molecule has 0 radical (unpaired) electrons. The Morgan fingerprint density at radius 2 is 2.32 bits per heavy atom. The molecule has 1 atom stereocenters. The molecule has 1 aromatic heterocycles. The molecule has 0 spiro atoms. The number of nitrogens with zero attached hydrogens (tertiary/aromatic N) is 2. The van der Waals surface area contributed by atoms with Gasteiger partial charge in [-0.25, -0.2) is 9.78 Å². The summed E-state index contributed by atoms with van der Waals surface area (Å²) in [4.78, 5) is 18.3. The van der Waals surface area contributed by atoms with Crippen LogP contribution in [0.3, 0.4) is 0 Å². The van der Waals surface area contributed by atoms with Crippen LogP contribution in [0, 0.1) is 5.92 Å². The average molecular weight is 360 g/mol. The second-order valence-electron chi connectivity index (χ2n) is 6.77. The maximum absolute atomic E-state index is 11.1. The summed E-state index contributed by atoms with van der Waals surface area (Å²) in [5.41, 5.74) is 2.18. The number of ether oxygens (including phenoxy) is 1. The number of carboxylic acids is 1. The van der Waals surface area contributed by atoms with E-state index in [1.807, 2.05) is 6.07 Å². The number of aromatic carboxylic acids is 1. The molecule has 0 saturated carbocycles. The molecule has 2 aromatic rings. The Labute approximate surface area is 152 Å². The standard InChI is InChI=1S/C19H24N2O3S/c1-13(2)17-11-21(7-4-8-24-17)10-16-12-25-18(20-16)14-5-3-6-15(9-14)19(22)23/h3,5-6,9,12-13,17H,4,7-8,10-11H2,1-2H3,(H,22,23). The van der Waals surface area contributed by atoms with Gasteiger partial charge in [-0.15, -0.1) is 11.3 Å². The predicted octanol–water partition coefficient (Wildman–Crippen LogP) is 3.76. The number of rotatable bonds is 5. The first kappa shape index (κ1) is 18.0. The van der Waals surface area contributed by atoms with Gasteiger partial charge in [0, 0.05) is 37.2 Å². The molecule has 134 valence electrons. The first-order valence-corrected chi connectivity index (χ1v) is 9.53. The maximum Gasteiger partial charge on any atom is 0.335 e. The average Bonchev–Trinajstić information content (AvgIpc) is 2.92. The van der Waals surface area contributed by atoms with Gasteiger partial charge in [-0.1, -0.05) is 26.0 Å². The first-order chi connectivity index (χ1) is 12.0. The Kier molecular flexibility index (Phi) is 5.83. The van der Waals surface area contributed by atoms with Crippen LogP contribution in [0.15, 0.2) is 29.6 Å². The Bertz CT molecular complexity index is 729. The van der Waals surface area contributed by atoms with Crippen molar-refractivity contribution < 1.29 is 14.6 Å². The minimum Gasteiger partial charge on any atom is -0.478 e. The topological polar surface area (TPSA) is 62.7 Å². The van der Waals surface area contributed by atoms with Crippen LogP contribution in [-0.4, -0.2) is 46.8 Å². The Hall–Kier alpha value is -1.76. The molecule has 1 N–H and O–H groups in total. The summed E-state index contributed by atoms with van der Waals surface area (Å²) in [5.74, 6) is -0.409. The van der Waals surface area contributed by atoms with Crippen LogP contribution >= 0.6 is 11.3 Å². The van der Waals surface area contributed by atoms with Gasteiger partial charge in [0.15, 0.2) is 0 Å². The fourth-order valence-corrected chi connectivity index (χ4v) is 3.80. The minimum absolute atomic E-state index is 0.271. The Balaban J connectivity index is 1.71. The van der Waals surface area contributed by atoms with E-state index in [0.717, 1.165) is 48.9 Å². The molecule has 1 aliphatic rings. The molecule has 0 bridgehead atoms. The molecule has 25 heavy (non-hydrogen) atoms. The van der Waals surface area contributed by atoms with Crippen molar-refractivity contribution in [3.05, 3.63) is 40.9 Å². The predicted molar refractivity (Wildman–Crippen MR) is 99.0 cm³/mol. The molecule has 0 aliphatic carbocycles. The summed E-state index contributed by atoms with van der Waals surface area (Å²) in [6.07, 6.45) is 1.31. The van der Waals surface area contributed by atoms with E-state index in [-0.39, 0.29) is 6.10 Å². The number of aromatic nitrogens is 1. The summed E-state index contributed by atoms with van der Waals surface area (Å²) < 4.78 is 5.93. The van der Waals surface area contributed by atoms with E-state index >= 15 is 0 Å². The highest BCUT2D eigenvalue weighted by molar-refractivity contribution is 7.13. The SMILES string of the molecule is CC(C)C1CN(Cc2csc(-c3cccc(C(=O)O)c3)n2)CCCO1. The number of carboxylic acid groups (broad SMARTS) is 1. The van der Waals surface area contributed by atoms with Gasteiger partial charge in [0.1, 0.15) is 5.01 Å². The van der Waals surface area contributed by atoms with Crippen LogP contribution in [-0.2, 0) is 11.3 Å². The summed E-state index contributed by atoms with van der Waals surface area (Å²) in [6.45, 7) is 7.98. The third-order valence-corrected chi connectivity index (χ3v) is 5.37. The normalized spacial score (nSPS) is 19.1. The zero-order chi connectivity index (χ0) is 17.8. The zero-order valence-electron chi connectivity index (χ0n) is 14.6. The summed E-state index contributed by atoms with van der Waals surface area (Å²) >= 11 is 1.56. The monoisotopic (exact) mass is 360 g/mol. The summed E-state index contributed by atoms with van der Waals surface area (Å²) in [5, 5.41) is 12.1. The Morgan fingerprint density at radius 1 is 1.48 bits per heavy atom. The minimum atomic E-state index is -0.914. The van der Waals surface area contributed by atoms with Crippen molar-refractivity contribution in [3.63, 3.8) is 0 Å². The molecule has 1 aliphatic heterocycles. The maximum atomic E-state index is 11.1. The molecule has 3 rings (SSSR count). The highest BCUT2D eigenvalue weighted by Crippen LogP contribution is 2.25. The highest BCUT2D eigenvalue weighted by Gasteiger charge is 2.22. The number of benzene rings is 1. The lowest BCUT2D eigenvalue weighted by atomic mass is 10.1. The highest BCUT2D eigenvalue weighted by atomic mass is 32.1. The molecule has 1 fully saturated rings. The van der Waals surface area contributed by atoms with Crippen LogP contribution < -0.4 is 0 Å². The molecule has 1 unspecified atom stereocenters. The van der Waals surface area contributed by atoms with Crippen molar-refractivity contribution >= 4 is 17.3 Å². The van der Waals surface area contributed by atoms with Crippen LogP contribution in [0.25, 0.3) is 10.6 Å². The Morgan fingerprint density at radius 3 is 3.08 bits per heavy atom. The van der Waals surface area contributed by atoms with Crippen molar-refractivity contribution in [1.29, 1.82) is 0 Å². The molecule has 2 heterocycles. The molecule has 5 nitrogen and oxygen atoms in total. The second kappa shape index (κ2) is 8.08. The molecule has 0 amide bonds. The largest absolute Gasteiger partial charge is 0.478 e. The van der Waals surface area contributed by atoms with Crippen molar-refractivity contribution in [3.8, 4) is 10.6 Å². The molecular formula is C19H24N2O3S. The van der Waals surface area contributed by atoms with E-state index in [9.17, 15) is 4.79 Å². The van der Waals surface area contributed by atoms with Crippen LogP contribution in [0.1, 0.15) is 36.3 Å². The third kappa shape index (κ3) is 4.66. The van der Waals surface area contributed by atoms with Crippen molar-refractivity contribution in [2.75, 3.05) is 19.7 Å².